The monoisotopic (exact) mass is 668 g/mol. The summed E-state index contributed by atoms with van der Waals surface area (Å²) in [6.45, 7) is 20.6. The fourth-order valence-electron chi connectivity index (χ4n) is 5.27. The van der Waals surface area contributed by atoms with Gasteiger partial charge < -0.3 is 9.75 Å². The number of likely N-dealkylation sites (N-methyl/N-ethyl adjacent to an activating group) is 1. The number of aryl methyl sites for hydroxylation is 2. The quantitative estimate of drug-likeness (QED) is 0.264. The second-order valence-electron chi connectivity index (χ2n) is 12.7. The van der Waals surface area contributed by atoms with Crippen LogP contribution in [-0.4, -0.2) is 65.4 Å². The maximum absolute atomic E-state index is 13.8. The van der Waals surface area contributed by atoms with Crippen molar-refractivity contribution in [2.75, 3.05) is 37.6 Å². The van der Waals surface area contributed by atoms with Crippen molar-refractivity contribution in [1.82, 2.24) is 19.7 Å². The third kappa shape index (κ3) is 9.50. The molecule has 2 aliphatic rings. The van der Waals surface area contributed by atoms with Crippen LogP contribution < -0.4 is 9.91 Å². The van der Waals surface area contributed by atoms with Crippen LogP contribution in [-0.2, 0) is 27.3 Å². The van der Waals surface area contributed by atoms with Crippen molar-refractivity contribution < 1.29 is 23.1 Å². The highest BCUT2D eigenvalue weighted by molar-refractivity contribution is 5.94. The van der Waals surface area contributed by atoms with Gasteiger partial charge in [0.05, 0.1) is 17.1 Å². The highest BCUT2D eigenvalue weighted by Crippen LogP contribution is 2.38. The van der Waals surface area contributed by atoms with Gasteiger partial charge in [-0.25, -0.2) is 18.5 Å². The van der Waals surface area contributed by atoms with Gasteiger partial charge in [0, 0.05) is 63.9 Å². The van der Waals surface area contributed by atoms with Crippen molar-refractivity contribution in [2.45, 2.75) is 93.8 Å². The molecule has 2 aromatic carbocycles. The van der Waals surface area contributed by atoms with Gasteiger partial charge in [-0.3, -0.25) is 19.4 Å². The first-order valence-electron chi connectivity index (χ1n) is 16.4. The molecule has 0 radical (unpaired) electrons. The highest BCUT2D eigenvalue weighted by atomic mass is 19.1. The number of aromatic nitrogens is 2. The summed E-state index contributed by atoms with van der Waals surface area (Å²) in [5.41, 5.74) is 5.53. The van der Waals surface area contributed by atoms with Gasteiger partial charge in [0.15, 0.2) is 0 Å². The molecule has 0 saturated heterocycles. The lowest BCUT2D eigenvalue weighted by atomic mass is 10.00. The smallest absolute Gasteiger partial charge is 0.293 e. The van der Waals surface area contributed by atoms with E-state index in [2.05, 4.69) is 23.6 Å². The van der Waals surface area contributed by atoms with Crippen LogP contribution in [0.2, 0.25) is 0 Å². The number of halogens is 2. The minimum atomic E-state index is -0.318. The number of ether oxygens (including phenoxy) is 1. The number of hydrogen-bond acceptors (Lipinski definition) is 7. The Labute approximate surface area is 285 Å². The zero-order valence-corrected chi connectivity index (χ0v) is 31.0. The van der Waals surface area contributed by atoms with Crippen LogP contribution in [0, 0.1) is 25.5 Å². The van der Waals surface area contributed by atoms with Crippen LogP contribution in [0.5, 0.6) is 0 Å². The predicted octanol–water partition coefficient (Wildman–Crippen LogP) is 7.67. The van der Waals surface area contributed by atoms with Crippen molar-refractivity contribution in [3.8, 4) is 5.69 Å². The summed E-state index contributed by atoms with van der Waals surface area (Å²) in [6.07, 6.45) is 4.41. The van der Waals surface area contributed by atoms with Gasteiger partial charge >= 0.3 is 0 Å². The normalized spacial score (nSPS) is 15.6. The number of hydrogen-bond donors (Lipinski definition) is 0. The van der Waals surface area contributed by atoms with E-state index in [0.29, 0.717) is 18.6 Å². The molecule has 0 spiro atoms. The number of hydrazine groups is 1. The number of benzene rings is 2. The summed E-state index contributed by atoms with van der Waals surface area (Å²) in [7, 11) is 5.97. The maximum Gasteiger partial charge on any atom is 0.293 e. The maximum atomic E-state index is 13.8. The number of nitrogens with zero attached hydrogens (tertiary/aromatic N) is 6. The van der Waals surface area contributed by atoms with Crippen molar-refractivity contribution >= 4 is 23.9 Å². The number of carbonyl (C=O) groups excluding carboxylic acids is 2. The fraction of sp³-hybridized carbons (Fsp3) is 0.486. The molecule has 0 bridgehead atoms. The van der Waals surface area contributed by atoms with Gasteiger partial charge in [-0.05, 0) is 90.9 Å². The van der Waals surface area contributed by atoms with Crippen LogP contribution in [0.15, 0.2) is 42.6 Å². The lowest BCUT2D eigenvalue weighted by molar-refractivity contribution is -0.138. The van der Waals surface area contributed by atoms with E-state index in [1.54, 1.807) is 41.8 Å². The zero-order valence-electron chi connectivity index (χ0n) is 31.0. The molecule has 0 N–H and O–H groups in total. The van der Waals surface area contributed by atoms with Gasteiger partial charge in [0.2, 0.25) is 5.91 Å². The Hall–Kier alpha value is -4.09. The molecule has 3 aromatic rings. The Balaban J connectivity index is 0.000000301. The van der Waals surface area contributed by atoms with Crippen LogP contribution >= 0.6 is 0 Å². The summed E-state index contributed by atoms with van der Waals surface area (Å²) < 4.78 is 33.7. The van der Waals surface area contributed by atoms with Gasteiger partial charge in [-0.15, -0.1) is 0 Å². The lowest BCUT2D eigenvalue weighted by Gasteiger charge is -2.31. The third-order valence-electron chi connectivity index (χ3n) is 8.07. The molecule has 9 nitrogen and oxygen atoms in total. The number of anilines is 2. The Kier molecular flexibility index (Phi) is 14.5. The van der Waals surface area contributed by atoms with Crippen LogP contribution in [0.25, 0.3) is 5.69 Å². The zero-order chi connectivity index (χ0) is 36.5. The van der Waals surface area contributed by atoms with E-state index in [-0.39, 0.29) is 29.2 Å². The van der Waals surface area contributed by atoms with Gasteiger partial charge in [-0.2, -0.15) is 5.10 Å². The number of allylic oxidation sites excluding steroid dienone is 1. The number of fused-ring (bicyclic) bond motifs is 2. The van der Waals surface area contributed by atoms with Crippen LogP contribution in [0.4, 0.5) is 20.3 Å². The molecule has 48 heavy (non-hydrogen) atoms. The average Bonchev–Trinajstić information content (AvgIpc) is 3.55. The standard InChI is InChI=1S/C20H25FN4O.C10H13FN2.C5H10O2.C2H6/c1-6-10-24(15(4)26)20-19-14(3)23(5)11-9-18(19)22-25(20)16-7-8-17(21)13(2)12-16;1-7-4-5-9-8(10(7)11)6-12(2)13(9)3;1-5(2,3)7-4-6;1-2/h6-8,10,12,14H,9,11H2,1-5H3;4-5H,6H2,1-3H3;4H,1-3H3;1-2H3/b10-6-;;;/t14-;;;/m0.../s1. The molecular formula is C37H54F2N6O3. The van der Waals surface area contributed by atoms with Crippen molar-refractivity contribution in [1.29, 1.82) is 0 Å². The second-order valence-corrected chi connectivity index (χ2v) is 12.7. The largest absolute Gasteiger partial charge is 0.462 e. The van der Waals surface area contributed by atoms with Crippen molar-refractivity contribution in [3.63, 3.8) is 0 Å². The predicted molar refractivity (Wildman–Crippen MR) is 190 cm³/mol. The van der Waals surface area contributed by atoms with E-state index in [1.165, 1.54) is 13.0 Å². The fourth-order valence-corrected chi connectivity index (χ4v) is 5.27. The van der Waals surface area contributed by atoms with Crippen molar-refractivity contribution in [2.24, 2.45) is 0 Å². The van der Waals surface area contributed by atoms with Gasteiger partial charge in [0.1, 0.15) is 23.1 Å². The Morgan fingerprint density at radius 1 is 1.06 bits per heavy atom. The molecule has 3 heterocycles. The lowest BCUT2D eigenvalue weighted by Crippen LogP contribution is -2.32. The van der Waals surface area contributed by atoms with E-state index in [9.17, 15) is 18.4 Å². The second kappa shape index (κ2) is 17.3. The van der Waals surface area contributed by atoms with E-state index >= 15 is 0 Å². The highest BCUT2D eigenvalue weighted by Gasteiger charge is 2.32. The minimum Gasteiger partial charge on any atom is -0.462 e. The Morgan fingerprint density at radius 3 is 2.23 bits per heavy atom. The first-order valence-corrected chi connectivity index (χ1v) is 16.4. The molecule has 0 unspecified atom stereocenters. The van der Waals surface area contributed by atoms with E-state index in [1.807, 2.05) is 83.9 Å². The number of carbonyl (C=O) groups is 2. The first kappa shape index (κ1) is 40.1. The summed E-state index contributed by atoms with van der Waals surface area (Å²) >= 11 is 0. The molecule has 0 aliphatic carbocycles. The number of amides is 1. The van der Waals surface area contributed by atoms with E-state index in [4.69, 9.17) is 5.10 Å². The van der Waals surface area contributed by atoms with Crippen molar-refractivity contribution in [3.05, 3.63) is 82.2 Å². The Bertz CT molecular complexity index is 1580. The van der Waals surface area contributed by atoms with Gasteiger partial charge in [-0.1, -0.05) is 26.0 Å². The molecular weight excluding hydrogens is 614 g/mol. The van der Waals surface area contributed by atoms with Gasteiger partial charge in [0.25, 0.3) is 6.47 Å². The van der Waals surface area contributed by atoms with E-state index < -0.39 is 0 Å². The topological polar surface area (TPSA) is 74.2 Å². The average molecular weight is 669 g/mol. The molecule has 5 rings (SSSR count). The van der Waals surface area contributed by atoms with Crippen LogP contribution in [0.1, 0.15) is 89.4 Å². The van der Waals surface area contributed by atoms with E-state index in [0.717, 1.165) is 52.5 Å². The minimum absolute atomic E-state index is 0.0614. The molecule has 11 heteroatoms. The molecule has 1 amide bonds. The Morgan fingerprint density at radius 2 is 1.71 bits per heavy atom. The third-order valence-corrected chi connectivity index (χ3v) is 8.07. The van der Waals surface area contributed by atoms with Crippen LogP contribution in [0.3, 0.4) is 0 Å². The molecule has 2 aliphatic heterocycles. The molecule has 0 fully saturated rings. The molecule has 0 saturated carbocycles. The SMILES string of the molecule is C/C=C\N(C(C)=O)c1c2c(nn1-c1ccc(F)c(C)c1)CCN(C)[C@H]2C.CC.CC(C)(C)OC=O.Cc1ccc2c(c1F)CN(C)N2C. The number of rotatable bonds is 4. The summed E-state index contributed by atoms with van der Waals surface area (Å²) in [5.74, 6) is 0.327. The molecule has 264 valence electrons. The molecule has 1 aromatic heterocycles. The molecule has 1 atom stereocenters. The summed E-state index contributed by atoms with van der Waals surface area (Å²) in [5, 5.41) is 8.77. The summed E-state index contributed by atoms with van der Waals surface area (Å²) in [6, 6.07) is 8.84. The summed E-state index contributed by atoms with van der Waals surface area (Å²) in [4.78, 5) is 25.8. The first-order chi connectivity index (χ1) is 22.5.